The quantitative estimate of drug-likeness (QED) is 0.0893. The monoisotopic (exact) mass is 581 g/mol. The van der Waals surface area contributed by atoms with Crippen molar-refractivity contribution in [3.8, 4) is 0 Å². The fraction of sp³-hybridized carbons (Fsp3) is 0.273. The van der Waals surface area contributed by atoms with Gasteiger partial charge < -0.3 is 25.8 Å². The number of thiazole rings is 1. The van der Waals surface area contributed by atoms with Gasteiger partial charge in [0.15, 0.2) is 10.8 Å². The first-order chi connectivity index (χ1) is 17.9. The average Bonchev–Trinajstić information content (AvgIpc) is 3.54. The number of aromatic nitrogens is 3. The maximum absolute atomic E-state index is 13.0. The number of thioether (sulfide) groups is 2. The number of aliphatic carboxylic acids is 1. The van der Waals surface area contributed by atoms with Crippen LogP contribution in [0.3, 0.4) is 0 Å². The third kappa shape index (κ3) is 5.44. The van der Waals surface area contributed by atoms with Gasteiger partial charge in [0.1, 0.15) is 29.4 Å². The van der Waals surface area contributed by atoms with E-state index < -0.39 is 29.2 Å². The molecule has 0 aromatic carbocycles. The Balaban J connectivity index is 0.00000336. The zero-order chi connectivity index (χ0) is 26.1. The zero-order valence-corrected chi connectivity index (χ0v) is 24.8. The molecule has 2 aliphatic heterocycles. The van der Waals surface area contributed by atoms with E-state index >= 15 is 0 Å². The second-order valence-electron chi connectivity index (χ2n) is 7.84. The van der Waals surface area contributed by atoms with Crippen LogP contribution >= 0.6 is 34.9 Å². The minimum atomic E-state index is -1.43. The van der Waals surface area contributed by atoms with Crippen molar-refractivity contribution in [3.63, 3.8) is 0 Å². The van der Waals surface area contributed by atoms with Crippen LogP contribution in [0.25, 0.3) is 5.65 Å². The summed E-state index contributed by atoms with van der Waals surface area (Å²) in [7, 11) is 0. The summed E-state index contributed by atoms with van der Waals surface area (Å²) in [5.74, 6) is -1.95. The average molecular weight is 582 g/mol. The van der Waals surface area contributed by atoms with Crippen LogP contribution in [-0.4, -0.2) is 72.3 Å². The van der Waals surface area contributed by atoms with Gasteiger partial charge in [-0.25, -0.2) is 9.97 Å². The molecular weight excluding hydrogens is 561 g/mol. The molecular formula is C22H20N7NaO5S3. The summed E-state index contributed by atoms with van der Waals surface area (Å²) in [5.41, 5.74) is 6.97. The molecule has 0 unspecified atom stereocenters. The number of hydrogen-bond donors (Lipinski definition) is 2. The number of β-lactam (4-membered cyclic amide) rings is 1. The Morgan fingerprint density at radius 2 is 2.21 bits per heavy atom. The standard InChI is InChI=1S/C22H21N7O5S3.Na/c1-2-34-27-15(12-10-37-22(23)25-12)18(30)26-16-19(31)29-17(21(32)33)11(9-36-20(16)29)8-35-14-5-3-4-13-24-6-7-28(13)14;/h3-7,10,16,20H,2,8-9H2,1H3,(H2,23,25)(H,26,30)(H,32,33);/q;+1/p-1/b27-15-;/t16-,20-;/m1./s1. The minimum absolute atomic E-state index is 0. The van der Waals surface area contributed by atoms with Crippen LogP contribution in [0.4, 0.5) is 5.13 Å². The van der Waals surface area contributed by atoms with E-state index in [1.807, 2.05) is 28.8 Å². The summed E-state index contributed by atoms with van der Waals surface area (Å²) >= 11 is 3.95. The van der Waals surface area contributed by atoms with E-state index in [9.17, 15) is 19.5 Å². The number of carboxylic acid groups (broad SMARTS) is 1. The normalized spacial score (nSPS) is 19.0. The molecule has 1 fully saturated rings. The molecule has 0 bridgehead atoms. The Hall–Kier alpha value is -2.56. The number of anilines is 1. The number of nitrogen functional groups attached to an aromatic ring is 1. The van der Waals surface area contributed by atoms with Crippen LogP contribution in [0, 0.1) is 0 Å². The maximum atomic E-state index is 13.0. The molecule has 192 valence electrons. The van der Waals surface area contributed by atoms with E-state index in [4.69, 9.17) is 10.6 Å². The van der Waals surface area contributed by atoms with E-state index in [2.05, 4.69) is 20.4 Å². The summed E-state index contributed by atoms with van der Waals surface area (Å²) in [6.07, 6.45) is 3.51. The third-order valence-corrected chi connectivity index (χ3v) is 8.71. The number of nitrogens with zero attached hydrogens (tertiary/aromatic N) is 5. The second-order valence-corrected chi connectivity index (χ2v) is 10.8. The topological polar surface area (TPSA) is 167 Å². The third-order valence-electron chi connectivity index (χ3n) is 5.58. The molecule has 3 aromatic rings. The molecule has 3 N–H and O–H groups in total. The number of carbonyl (C=O) groups excluding carboxylic acids is 3. The van der Waals surface area contributed by atoms with Crippen molar-refractivity contribution in [1.82, 2.24) is 24.6 Å². The van der Waals surface area contributed by atoms with E-state index in [0.717, 1.165) is 22.0 Å². The van der Waals surface area contributed by atoms with Gasteiger partial charge in [-0.3, -0.25) is 18.9 Å². The molecule has 2 amide bonds. The Morgan fingerprint density at radius 1 is 1.39 bits per heavy atom. The van der Waals surface area contributed by atoms with Crippen LogP contribution in [0.15, 0.2) is 57.4 Å². The van der Waals surface area contributed by atoms with Gasteiger partial charge >= 0.3 is 29.6 Å². The number of carboxylic acids is 1. The zero-order valence-electron chi connectivity index (χ0n) is 20.3. The number of amides is 2. The number of pyridine rings is 1. The number of nitrogens with one attached hydrogen (secondary N) is 1. The number of rotatable bonds is 9. The van der Waals surface area contributed by atoms with Gasteiger partial charge in [0.2, 0.25) is 0 Å². The van der Waals surface area contributed by atoms with Crippen LogP contribution in [0.1, 0.15) is 12.6 Å². The predicted molar refractivity (Wildman–Crippen MR) is 138 cm³/mol. The summed E-state index contributed by atoms with van der Waals surface area (Å²) in [5, 5.41) is 20.7. The van der Waals surface area contributed by atoms with Gasteiger partial charge in [-0.15, -0.1) is 34.9 Å². The first kappa shape index (κ1) is 28.4. The van der Waals surface area contributed by atoms with Gasteiger partial charge in [-0.2, -0.15) is 0 Å². The summed E-state index contributed by atoms with van der Waals surface area (Å²) in [4.78, 5) is 52.6. The number of imidazole rings is 1. The molecule has 0 spiro atoms. The van der Waals surface area contributed by atoms with Crippen LogP contribution in [0.2, 0.25) is 0 Å². The molecule has 5 rings (SSSR count). The SMILES string of the molecule is CCO/N=C(\C(=O)N[C@@H]1C(=O)N2C(C(=O)[O-])=C(CSc3cccc4nccn34)CS[C@H]12)c1csc(N)n1.[Na+]. The molecule has 12 nitrogen and oxygen atoms in total. The van der Waals surface area contributed by atoms with Crippen molar-refractivity contribution >= 4 is 69.1 Å². The van der Waals surface area contributed by atoms with Gasteiger partial charge in [0, 0.05) is 29.3 Å². The number of fused-ring (bicyclic) bond motifs is 2. The minimum Gasteiger partial charge on any atom is -0.543 e. The molecule has 38 heavy (non-hydrogen) atoms. The molecule has 0 radical (unpaired) electrons. The van der Waals surface area contributed by atoms with Crippen molar-refractivity contribution in [2.45, 2.75) is 23.4 Å². The summed E-state index contributed by atoms with van der Waals surface area (Å²) < 4.78 is 1.90. The van der Waals surface area contributed by atoms with E-state index in [-0.39, 0.29) is 58.4 Å². The largest absolute Gasteiger partial charge is 1.00 e. The number of hydrogen-bond acceptors (Lipinski definition) is 12. The fourth-order valence-electron chi connectivity index (χ4n) is 3.92. The summed E-state index contributed by atoms with van der Waals surface area (Å²) in [6.45, 7) is 1.93. The first-order valence-corrected chi connectivity index (χ1v) is 14.0. The predicted octanol–water partition coefficient (Wildman–Crippen LogP) is -2.69. The molecule has 16 heteroatoms. The van der Waals surface area contributed by atoms with Crippen LogP contribution < -0.4 is 45.7 Å². The second kappa shape index (κ2) is 12.1. The molecule has 3 aromatic heterocycles. The van der Waals surface area contributed by atoms with Gasteiger partial charge in [0.05, 0.1) is 16.7 Å². The van der Waals surface area contributed by atoms with Crippen molar-refractivity contribution in [2.75, 3.05) is 23.8 Å². The van der Waals surface area contributed by atoms with Gasteiger partial charge in [-0.05, 0) is 24.6 Å². The Morgan fingerprint density at radius 3 is 2.92 bits per heavy atom. The van der Waals surface area contributed by atoms with Crippen molar-refractivity contribution in [3.05, 3.63) is 52.9 Å². The van der Waals surface area contributed by atoms with Crippen molar-refractivity contribution in [1.29, 1.82) is 0 Å². The van der Waals surface area contributed by atoms with E-state index in [1.54, 1.807) is 18.5 Å². The first-order valence-electron chi connectivity index (χ1n) is 11.0. The number of carbonyl (C=O) groups is 3. The van der Waals surface area contributed by atoms with Gasteiger partial charge in [0.25, 0.3) is 11.8 Å². The van der Waals surface area contributed by atoms with Crippen molar-refractivity contribution < 1.29 is 53.9 Å². The smallest absolute Gasteiger partial charge is 0.543 e. The Bertz CT molecular complexity index is 1460. The molecule has 1 saturated heterocycles. The number of oxime groups is 1. The van der Waals surface area contributed by atoms with E-state index in [1.165, 1.54) is 28.4 Å². The van der Waals surface area contributed by atoms with E-state index in [0.29, 0.717) is 17.1 Å². The molecule has 2 atom stereocenters. The molecule has 5 heterocycles. The van der Waals surface area contributed by atoms with Crippen LogP contribution in [0.5, 0.6) is 0 Å². The molecule has 0 aliphatic carbocycles. The Kier molecular flexibility index (Phi) is 9.05. The molecule has 2 aliphatic rings. The Labute approximate surface area is 251 Å². The fourth-order valence-corrected chi connectivity index (χ4v) is 6.97. The van der Waals surface area contributed by atoms with Crippen molar-refractivity contribution in [2.24, 2.45) is 5.16 Å². The van der Waals surface area contributed by atoms with Gasteiger partial charge in [-0.1, -0.05) is 11.2 Å². The summed E-state index contributed by atoms with van der Waals surface area (Å²) in [6, 6.07) is 4.72. The number of nitrogens with two attached hydrogens (primary N) is 1. The van der Waals surface area contributed by atoms with Crippen LogP contribution in [-0.2, 0) is 19.2 Å². The molecule has 0 saturated carbocycles. The maximum Gasteiger partial charge on any atom is 1.00 e.